The SMILES string of the molecule is CCN(C1CCS(=O)(=O)C1)S(=O)(=O)c1ccc(Cl)c(N)c1. The first kappa shape index (κ1) is 16.5. The van der Waals surface area contributed by atoms with Crippen LogP contribution in [0.2, 0.25) is 5.02 Å². The van der Waals surface area contributed by atoms with E-state index in [1.54, 1.807) is 6.92 Å². The summed E-state index contributed by atoms with van der Waals surface area (Å²) in [6, 6.07) is 3.56. The van der Waals surface area contributed by atoms with Crippen LogP contribution in [0.1, 0.15) is 13.3 Å². The van der Waals surface area contributed by atoms with Crippen molar-refractivity contribution in [1.29, 1.82) is 0 Å². The van der Waals surface area contributed by atoms with Crippen LogP contribution in [0.4, 0.5) is 5.69 Å². The Morgan fingerprint density at radius 1 is 1.43 bits per heavy atom. The van der Waals surface area contributed by atoms with E-state index in [0.29, 0.717) is 6.42 Å². The Kier molecular flexibility index (Phi) is 4.53. The van der Waals surface area contributed by atoms with Gasteiger partial charge in [-0.05, 0) is 24.6 Å². The summed E-state index contributed by atoms with van der Waals surface area (Å²) in [7, 11) is -6.95. The molecule has 0 spiro atoms. The Hall–Kier alpha value is -0.830. The van der Waals surface area contributed by atoms with Crippen molar-refractivity contribution in [1.82, 2.24) is 4.31 Å². The normalized spacial score (nSPS) is 21.8. The number of nitrogens with two attached hydrogens (primary N) is 1. The molecule has 21 heavy (non-hydrogen) atoms. The average molecular weight is 353 g/mol. The van der Waals surface area contributed by atoms with Gasteiger partial charge in [-0.15, -0.1) is 0 Å². The molecule has 1 aliphatic heterocycles. The third kappa shape index (κ3) is 3.33. The van der Waals surface area contributed by atoms with Crippen LogP contribution in [0.15, 0.2) is 23.1 Å². The van der Waals surface area contributed by atoms with E-state index in [1.807, 2.05) is 0 Å². The zero-order valence-electron chi connectivity index (χ0n) is 11.5. The van der Waals surface area contributed by atoms with Crippen LogP contribution in [0.3, 0.4) is 0 Å². The molecule has 0 radical (unpaired) electrons. The van der Waals surface area contributed by atoms with Gasteiger partial charge in [-0.3, -0.25) is 0 Å². The topological polar surface area (TPSA) is 97.5 Å². The largest absolute Gasteiger partial charge is 0.397 e. The predicted octanol–water partition coefficient (Wildman–Crippen LogP) is 1.12. The van der Waals surface area contributed by atoms with E-state index < -0.39 is 25.9 Å². The quantitative estimate of drug-likeness (QED) is 0.819. The molecule has 1 heterocycles. The van der Waals surface area contributed by atoms with Gasteiger partial charge in [-0.25, -0.2) is 16.8 Å². The highest BCUT2D eigenvalue weighted by molar-refractivity contribution is 7.92. The van der Waals surface area contributed by atoms with Crippen molar-refractivity contribution in [3.63, 3.8) is 0 Å². The summed E-state index contributed by atoms with van der Waals surface area (Å²) < 4.78 is 49.7. The Morgan fingerprint density at radius 2 is 2.10 bits per heavy atom. The standard InChI is InChI=1S/C12H17ClN2O4S2/c1-2-15(9-5-6-20(16,17)8-9)21(18,19)10-3-4-11(13)12(14)7-10/h3-4,7,9H,2,5-6,8,14H2,1H3. The number of sulfonamides is 1. The van der Waals surface area contributed by atoms with E-state index in [2.05, 4.69) is 0 Å². The van der Waals surface area contributed by atoms with E-state index in [9.17, 15) is 16.8 Å². The van der Waals surface area contributed by atoms with Crippen LogP contribution < -0.4 is 5.73 Å². The van der Waals surface area contributed by atoms with Crippen LogP contribution in [0, 0.1) is 0 Å². The number of hydrogen-bond acceptors (Lipinski definition) is 5. The van der Waals surface area contributed by atoms with Crippen LogP contribution in [-0.2, 0) is 19.9 Å². The number of rotatable bonds is 4. The zero-order valence-corrected chi connectivity index (χ0v) is 13.9. The minimum Gasteiger partial charge on any atom is -0.397 e. The van der Waals surface area contributed by atoms with Crippen LogP contribution in [0.25, 0.3) is 0 Å². The third-order valence-corrected chi connectivity index (χ3v) is 7.62. The molecule has 1 saturated heterocycles. The number of benzene rings is 1. The van der Waals surface area contributed by atoms with Crippen molar-refractivity contribution < 1.29 is 16.8 Å². The van der Waals surface area contributed by atoms with Crippen molar-refractivity contribution in [2.24, 2.45) is 0 Å². The number of nitrogen functional groups attached to an aromatic ring is 1. The van der Waals surface area contributed by atoms with Gasteiger partial charge in [0.1, 0.15) is 0 Å². The summed E-state index contributed by atoms with van der Waals surface area (Å²) >= 11 is 5.80. The number of sulfone groups is 1. The van der Waals surface area contributed by atoms with E-state index in [-0.39, 0.29) is 33.7 Å². The van der Waals surface area contributed by atoms with E-state index in [0.717, 1.165) is 0 Å². The number of halogens is 1. The Bertz CT molecular complexity index is 747. The molecule has 1 unspecified atom stereocenters. The first-order chi connectivity index (χ1) is 9.67. The molecule has 1 aromatic rings. The van der Waals surface area contributed by atoms with Crippen molar-refractivity contribution in [3.8, 4) is 0 Å². The van der Waals surface area contributed by atoms with Crippen molar-refractivity contribution in [3.05, 3.63) is 23.2 Å². The molecule has 2 N–H and O–H groups in total. The maximum Gasteiger partial charge on any atom is 0.243 e. The van der Waals surface area contributed by atoms with Gasteiger partial charge in [0.15, 0.2) is 9.84 Å². The Morgan fingerprint density at radius 3 is 2.57 bits per heavy atom. The molecule has 0 saturated carbocycles. The van der Waals surface area contributed by atoms with E-state index in [4.69, 9.17) is 17.3 Å². The summed E-state index contributed by atoms with van der Waals surface area (Å²) in [5.41, 5.74) is 5.82. The second kappa shape index (κ2) is 5.75. The fraction of sp³-hybridized carbons (Fsp3) is 0.500. The third-order valence-electron chi connectivity index (χ3n) is 3.50. The first-order valence-corrected chi connectivity index (χ1v) is 10.1. The van der Waals surface area contributed by atoms with E-state index in [1.165, 1.54) is 22.5 Å². The van der Waals surface area contributed by atoms with Crippen molar-refractivity contribution >= 4 is 37.1 Å². The number of anilines is 1. The van der Waals surface area contributed by atoms with Gasteiger partial charge < -0.3 is 5.73 Å². The fourth-order valence-electron chi connectivity index (χ4n) is 2.44. The molecule has 0 aromatic heterocycles. The monoisotopic (exact) mass is 352 g/mol. The molecule has 0 aliphatic carbocycles. The van der Waals surface area contributed by atoms with Gasteiger partial charge in [0.25, 0.3) is 0 Å². The highest BCUT2D eigenvalue weighted by Gasteiger charge is 2.37. The molecule has 0 bridgehead atoms. The highest BCUT2D eigenvalue weighted by Crippen LogP contribution is 2.28. The van der Waals surface area contributed by atoms with Crippen LogP contribution in [0.5, 0.6) is 0 Å². The lowest BCUT2D eigenvalue weighted by Gasteiger charge is -2.26. The highest BCUT2D eigenvalue weighted by atomic mass is 35.5. The molecule has 0 amide bonds. The van der Waals surface area contributed by atoms with Crippen molar-refractivity contribution in [2.45, 2.75) is 24.3 Å². The van der Waals surface area contributed by atoms with Crippen molar-refractivity contribution in [2.75, 3.05) is 23.8 Å². The summed E-state index contributed by atoms with van der Waals surface area (Å²) in [4.78, 5) is 0.0237. The minimum atomic E-state index is -3.79. The zero-order chi connectivity index (χ0) is 15.8. The molecule has 1 fully saturated rings. The lowest BCUT2D eigenvalue weighted by atomic mass is 10.3. The van der Waals surface area contributed by atoms with Gasteiger partial charge in [-0.1, -0.05) is 18.5 Å². The molecule has 1 aliphatic rings. The summed E-state index contributed by atoms with van der Waals surface area (Å²) in [6.45, 7) is 1.88. The molecule has 118 valence electrons. The Balaban J connectivity index is 2.38. The smallest absolute Gasteiger partial charge is 0.243 e. The maximum absolute atomic E-state index is 12.7. The molecule has 9 heteroatoms. The second-order valence-corrected chi connectivity index (χ2v) is 9.48. The van der Waals surface area contributed by atoms with Gasteiger partial charge in [0.2, 0.25) is 10.0 Å². The summed E-state index contributed by atoms with van der Waals surface area (Å²) in [6.07, 6.45) is 0.318. The van der Waals surface area contributed by atoms with Gasteiger partial charge in [-0.2, -0.15) is 4.31 Å². The average Bonchev–Trinajstić information content (AvgIpc) is 2.73. The molecular weight excluding hydrogens is 336 g/mol. The summed E-state index contributed by atoms with van der Waals surface area (Å²) in [5.74, 6) is -0.115. The Labute approximate surface area is 129 Å². The first-order valence-electron chi connectivity index (χ1n) is 6.44. The molecule has 1 aromatic carbocycles. The molecule has 1 atom stereocenters. The van der Waals surface area contributed by atoms with Gasteiger partial charge >= 0.3 is 0 Å². The van der Waals surface area contributed by atoms with Gasteiger partial charge in [0, 0.05) is 12.6 Å². The predicted molar refractivity (Wildman–Crippen MR) is 82.5 cm³/mol. The number of hydrogen-bond donors (Lipinski definition) is 1. The van der Waals surface area contributed by atoms with Gasteiger partial charge in [0.05, 0.1) is 27.1 Å². The minimum absolute atomic E-state index is 0.0203. The van der Waals surface area contributed by atoms with Crippen LogP contribution >= 0.6 is 11.6 Å². The molecule has 6 nitrogen and oxygen atoms in total. The molecular formula is C12H17ClN2O4S2. The lowest BCUT2D eigenvalue weighted by molar-refractivity contribution is 0.354. The van der Waals surface area contributed by atoms with Crippen LogP contribution in [-0.4, -0.2) is 45.2 Å². The maximum atomic E-state index is 12.7. The number of nitrogens with zero attached hydrogens (tertiary/aromatic N) is 1. The van der Waals surface area contributed by atoms with E-state index >= 15 is 0 Å². The lowest BCUT2D eigenvalue weighted by Crippen LogP contribution is -2.40. The molecule has 2 rings (SSSR count). The fourth-order valence-corrected chi connectivity index (χ4v) is 6.09. The second-order valence-electron chi connectivity index (χ2n) is 4.95. The summed E-state index contributed by atoms with van der Waals surface area (Å²) in [5, 5.41) is 0.278.